The second-order valence-electron chi connectivity index (χ2n) is 19.8. The Labute approximate surface area is 432 Å². The Balaban J connectivity index is 0.00000582. The molecule has 5 nitrogen and oxygen atoms in total. The van der Waals surface area contributed by atoms with Gasteiger partial charge in [-0.1, -0.05) is 193 Å². The van der Waals surface area contributed by atoms with Gasteiger partial charge in [0.2, 0.25) is 0 Å². The fourth-order valence-electron chi connectivity index (χ4n) is 9.86. The van der Waals surface area contributed by atoms with Crippen LogP contribution < -0.4 is 9.30 Å². The van der Waals surface area contributed by atoms with Gasteiger partial charge in [-0.05, 0) is 80.3 Å². The summed E-state index contributed by atoms with van der Waals surface area (Å²) in [6.07, 6.45) is 9.70. The van der Waals surface area contributed by atoms with Gasteiger partial charge in [-0.25, -0.2) is 4.98 Å². The summed E-state index contributed by atoms with van der Waals surface area (Å²) in [5, 5.41) is 2.19. The zero-order valence-corrected chi connectivity index (χ0v) is 43.1. The Hall–Kier alpha value is -7.59. The fourth-order valence-corrected chi connectivity index (χ4v) is 9.86. The van der Waals surface area contributed by atoms with Crippen LogP contribution in [-0.2, 0) is 37.3 Å². The maximum absolute atomic E-state index is 6.84. The minimum Gasteiger partial charge on any atom is -0.510 e. The molecule has 11 aromatic rings. The summed E-state index contributed by atoms with van der Waals surface area (Å²) in [5.41, 5.74) is 12.4. The van der Waals surface area contributed by atoms with E-state index in [9.17, 15) is 0 Å². The number of benzene rings is 8. The minimum absolute atomic E-state index is 0. The van der Waals surface area contributed by atoms with Crippen molar-refractivity contribution in [2.45, 2.75) is 57.8 Å². The summed E-state index contributed by atoms with van der Waals surface area (Å²) in [6.45, 7) is 13.8. The first-order valence-electron chi connectivity index (χ1n) is 24.0. The number of pyridine rings is 1. The van der Waals surface area contributed by atoms with E-state index in [1.165, 1.54) is 33.4 Å². The summed E-state index contributed by atoms with van der Waals surface area (Å²) < 4.78 is 13.1. The number of nitrogens with zero attached hydrogens (tertiary/aromatic N) is 4. The standard InChI is InChI=1S/C65H54N4O.Pt/c1-63(2,48-23-13-8-14-24-48)51-33-34-66-62(42-51)69-60-30-20-19-29-58(60)59-32-31-56(44-61(59)69)70-57-38-47(46-21-11-7-12-22-46)37-54(43-57)67-35-36-68(45-67)55-40-52(64(3,4)49-25-15-9-16-26-49)39-53(41-55)65(5,6)50-27-17-10-18-28-50;/h7-42H,1-6H3;/q-2;. The van der Waals surface area contributed by atoms with Gasteiger partial charge in [0.15, 0.2) is 0 Å². The molecule has 71 heavy (non-hydrogen) atoms. The van der Waals surface area contributed by atoms with Crippen LogP contribution in [-0.4, -0.2) is 14.1 Å². The molecule has 3 aromatic heterocycles. The van der Waals surface area contributed by atoms with Crippen molar-refractivity contribution in [3.8, 4) is 39.8 Å². The number of fused-ring (bicyclic) bond motifs is 3. The minimum atomic E-state index is -0.264. The van der Waals surface area contributed by atoms with Crippen LogP contribution in [0.2, 0.25) is 0 Å². The summed E-state index contributed by atoms with van der Waals surface area (Å²) in [6, 6.07) is 78.0. The van der Waals surface area contributed by atoms with E-state index in [1.54, 1.807) is 0 Å². The van der Waals surface area contributed by atoms with Gasteiger partial charge in [0.1, 0.15) is 5.82 Å². The molecule has 0 aliphatic carbocycles. The quantitative estimate of drug-likeness (QED) is 0.0903. The first-order valence-corrected chi connectivity index (χ1v) is 24.0. The third-order valence-corrected chi connectivity index (χ3v) is 14.4. The van der Waals surface area contributed by atoms with Gasteiger partial charge in [-0.15, -0.1) is 35.2 Å². The topological polar surface area (TPSA) is 35.9 Å². The van der Waals surface area contributed by atoms with Crippen molar-refractivity contribution in [1.82, 2.24) is 14.1 Å². The number of para-hydroxylation sites is 1. The van der Waals surface area contributed by atoms with Gasteiger partial charge in [-0.2, -0.15) is 12.1 Å². The first-order chi connectivity index (χ1) is 33.9. The molecule has 0 saturated carbocycles. The molecule has 0 amide bonds. The van der Waals surface area contributed by atoms with Gasteiger partial charge in [0.05, 0.1) is 5.69 Å². The number of imidazole rings is 1. The van der Waals surface area contributed by atoms with Crippen molar-refractivity contribution < 1.29 is 30.4 Å². The molecule has 0 bridgehead atoms. The maximum atomic E-state index is 6.84. The molecule has 352 valence electrons. The SMILES string of the molecule is CC(C)(c1ccccc1)c1cc(-[n+]2[c-]n(-c3[c-]c(Oc4[c-]c5c(cc4)c4ccccc4n5-c4cc(C(C)(C)c5ccccc5)ccn4)cc(-c4ccccc4)c3)cc2)cc(C(C)(C)c2ccccc2)c1.[Pt]. The maximum Gasteiger partial charge on any atom is 0.267 e. The average molecular weight is 1100 g/mol. The van der Waals surface area contributed by atoms with Crippen LogP contribution >= 0.6 is 0 Å². The van der Waals surface area contributed by atoms with E-state index in [0.29, 0.717) is 11.5 Å². The average Bonchev–Trinajstić information content (AvgIpc) is 4.03. The Kier molecular flexibility index (Phi) is 12.6. The van der Waals surface area contributed by atoms with Crippen LogP contribution in [0.25, 0.3) is 50.1 Å². The molecular weight excluding hydrogens is 1050 g/mol. The molecule has 3 heterocycles. The molecule has 0 aliphatic heterocycles. The smallest absolute Gasteiger partial charge is 0.267 e. The molecule has 0 unspecified atom stereocenters. The third-order valence-electron chi connectivity index (χ3n) is 14.4. The molecule has 0 N–H and O–H groups in total. The molecular formula is C65H54N4OPt-2. The molecule has 0 spiro atoms. The van der Waals surface area contributed by atoms with Crippen molar-refractivity contribution in [3.63, 3.8) is 0 Å². The molecule has 0 saturated heterocycles. The Bertz CT molecular complexity index is 3580. The first kappa shape index (κ1) is 47.1. The number of ether oxygens (including phenoxy) is 1. The molecule has 0 aliphatic rings. The zero-order valence-electron chi connectivity index (χ0n) is 40.8. The monoisotopic (exact) mass is 1100 g/mol. The van der Waals surface area contributed by atoms with Crippen LogP contribution in [0.3, 0.4) is 0 Å². The van der Waals surface area contributed by atoms with Gasteiger partial charge < -0.3 is 13.9 Å². The van der Waals surface area contributed by atoms with E-state index in [4.69, 9.17) is 9.72 Å². The Morgan fingerprint density at radius 3 is 1.66 bits per heavy atom. The molecule has 0 atom stereocenters. The Morgan fingerprint density at radius 1 is 0.479 bits per heavy atom. The predicted octanol–water partition coefficient (Wildman–Crippen LogP) is 15.1. The summed E-state index contributed by atoms with van der Waals surface area (Å²) in [7, 11) is 0. The van der Waals surface area contributed by atoms with Crippen LogP contribution in [0.15, 0.2) is 219 Å². The zero-order chi connectivity index (χ0) is 48.0. The van der Waals surface area contributed by atoms with Gasteiger partial charge in [-0.3, -0.25) is 4.57 Å². The normalized spacial score (nSPS) is 12.0. The third kappa shape index (κ3) is 8.96. The van der Waals surface area contributed by atoms with E-state index in [0.717, 1.165) is 50.1 Å². The van der Waals surface area contributed by atoms with E-state index in [1.807, 2.05) is 35.2 Å². The van der Waals surface area contributed by atoms with Gasteiger partial charge in [0.25, 0.3) is 6.33 Å². The van der Waals surface area contributed by atoms with E-state index < -0.39 is 0 Å². The molecule has 11 rings (SSSR count). The number of rotatable bonds is 12. The van der Waals surface area contributed by atoms with Crippen LogP contribution in [0, 0.1) is 18.5 Å². The molecule has 0 fully saturated rings. The van der Waals surface area contributed by atoms with Gasteiger partial charge >= 0.3 is 0 Å². The van der Waals surface area contributed by atoms with Crippen LogP contribution in [0.5, 0.6) is 11.5 Å². The van der Waals surface area contributed by atoms with Crippen LogP contribution in [0.4, 0.5) is 0 Å². The van der Waals surface area contributed by atoms with Crippen molar-refractivity contribution in [2.75, 3.05) is 0 Å². The second-order valence-corrected chi connectivity index (χ2v) is 19.8. The van der Waals surface area contributed by atoms with Crippen molar-refractivity contribution in [3.05, 3.63) is 271 Å². The number of aromatic nitrogens is 4. The predicted molar refractivity (Wildman–Crippen MR) is 284 cm³/mol. The molecule has 0 radical (unpaired) electrons. The van der Waals surface area contributed by atoms with Crippen molar-refractivity contribution in [2.24, 2.45) is 0 Å². The molecule has 8 aromatic carbocycles. The van der Waals surface area contributed by atoms with Gasteiger partial charge in [0, 0.05) is 72.9 Å². The number of hydrogen-bond donors (Lipinski definition) is 0. The van der Waals surface area contributed by atoms with E-state index in [-0.39, 0.29) is 37.3 Å². The van der Waals surface area contributed by atoms with Crippen LogP contribution in [0.1, 0.15) is 74.9 Å². The summed E-state index contributed by atoms with van der Waals surface area (Å²) in [4.78, 5) is 4.97. The summed E-state index contributed by atoms with van der Waals surface area (Å²) >= 11 is 0. The summed E-state index contributed by atoms with van der Waals surface area (Å²) in [5.74, 6) is 1.96. The molecule has 6 heteroatoms. The van der Waals surface area contributed by atoms with E-state index >= 15 is 0 Å². The number of hydrogen-bond acceptors (Lipinski definition) is 2. The second kappa shape index (κ2) is 19.0. The Morgan fingerprint density at radius 2 is 1.04 bits per heavy atom. The van der Waals surface area contributed by atoms with Crippen molar-refractivity contribution >= 4 is 21.8 Å². The fraction of sp³-hybridized carbons (Fsp3) is 0.138. The largest absolute Gasteiger partial charge is 0.510 e. The van der Waals surface area contributed by atoms with Crippen molar-refractivity contribution in [1.29, 1.82) is 0 Å². The van der Waals surface area contributed by atoms with E-state index in [2.05, 4.69) is 257 Å².